The Morgan fingerprint density at radius 2 is 1.96 bits per heavy atom. The lowest BCUT2D eigenvalue weighted by Gasteiger charge is -2.06. The topological polar surface area (TPSA) is 76.7 Å². The van der Waals surface area contributed by atoms with E-state index in [2.05, 4.69) is 10.5 Å². The molecule has 0 atom stereocenters. The summed E-state index contributed by atoms with van der Waals surface area (Å²) < 4.78 is 0. The number of halogens is 2. The van der Waals surface area contributed by atoms with Crippen LogP contribution in [-0.2, 0) is 11.4 Å². The van der Waals surface area contributed by atoms with Gasteiger partial charge in [-0.05, 0) is 42.0 Å². The summed E-state index contributed by atoms with van der Waals surface area (Å²) in [5, 5.41) is 7.63. The van der Waals surface area contributed by atoms with Crippen LogP contribution >= 0.6 is 34.5 Å². The molecule has 3 rings (SSSR count). The second-order valence-corrected chi connectivity index (χ2v) is 7.47. The number of thiophene rings is 1. The molecule has 3 N–H and O–H groups in total. The van der Waals surface area contributed by atoms with Gasteiger partial charge in [-0.25, -0.2) is 0 Å². The Labute approximate surface area is 170 Å². The molecule has 8 heteroatoms. The van der Waals surface area contributed by atoms with Gasteiger partial charge in [0.1, 0.15) is 0 Å². The summed E-state index contributed by atoms with van der Waals surface area (Å²) in [5.74, 6) is -0.219. The van der Waals surface area contributed by atoms with E-state index < -0.39 is 0 Å². The van der Waals surface area contributed by atoms with Crippen molar-refractivity contribution in [2.24, 2.45) is 5.16 Å². The van der Waals surface area contributed by atoms with Gasteiger partial charge in [-0.15, -0.1) is 11.3 Å². The summed E-state index contributed by atoms with van der Waals surface area (Å²) in [4.78, 5) is 19.0. The normalized spacial score (nSPS) is 10.9. The number of anilines is 2. The Hall–Kier alpha value is -2.54. The summed E-state index contributed by atoms with van der Waals surface area (Å²) in [6, 6.07) is 15.8. The molecule has 1 amide bonds. The summed E-state index contributed by atoms with van der Waals surface area (Å²) in [6.07, 6.45) is 1.54. The largest absolute Gasteiger partial charge is 0.397 e. The van der Waals surface area contributed by atoms with Gasteiger partial charge in [0.25, 0.3) is 5.91 Å². The number of carbonyl (C=O) groups excluding carboxylic acids is 1. The molecule has 5 nitrogen and oxygen atoms in total. The van der Waals surface area contributed by atoms with Crippen molar-refractivity contribution in [3.8, 4) is 0 Å². The predicted octanol–water partition coefficient (Wildman–Crippen LogP) is 5.44. The van der Waals surface area contributed by atoms with Gasteiger partial charge in [0, 0.05) is 4.88 Å². The van der Waals surface area contributed by atoms with E-state index in [1.165, 1.54) is 11.3 Å². The summed E-state index contributed by atoms with van der Waals surface area (Å²) in [6.45, 7) is 0.253. The maximum atomic E-state index is 12.3. The first-order valence-corrected chi connectivity index (χ1v) is 9.45. The van der Waals surface area contributed by atoms with E-state index in [0.717, 1.165) is 10.4 Å². The van der Waals surface area contributed by atoms with Crippen molar-refractivity contribution >= 4 is 58.0 Å². The van der Waals surface area contributed by atoms with Gasteiger partial charge in [-0.3, -0.25) is 4.79 Å². The SMILES string of the molecule is Nc1ccccc1NC(=O)c1ccc(CON=Cc2ccc(Cl)c(Cl)c2)s1. The standard InChI is InChI=1S/C19H15Cl2N3O2S/c20-14-7-5-12(9-15(14)21)10-23-26-11-13-6-8-18(27-13)19(25)24-17-4-2-1-3-16(17)22/h1-10H,11,22H2,(H,24,25). The number of hydrogen-bond donors (Lipinski definition) is 2. The highest BCUT2D eigenvalue weighted by molar-refractivity contribution is 7.14. The van der Waals surface area contributed by atoms with Gasteiger partial charge in [-0.2, -0.15) is 0 Å². The lowest BCUT2D eigenvalue weighted by atomic mass is 10.2. The van der Waals surface area contributed by atoms with E-state index in [-0.39, 0.29) is 12.5 Å². The van der Waals surface area contributed by atoms with E-state index in [4.69, 9.17) is 33.8 Å². The Bertz CT molecular complexity index is 989. The molecule has 0 spiro atoms. The smallest absolute Gasteiger partial charge is 0.265 e. The van der Waals surface area contributed by atoms with Crippen LogP contribution in [0.25, 0.3) is 0 Å². The first kappa shape index (κ1) is 19.2. The number of benzene rings is 2. The molecular formula is C19H15Cl2N3O2S. The van der Waals surface area contributed by atoms with E-state index in [1.807, 2.05) is 18.2 Å². The molecule has 0 radical (unpaired) electrons. The molecule has 138 valence electrons. The number of oxime groups is 1. The molecule has 0 aliphatic rings. The van der Waals surface area contributed by atoms with Gasteiger partial charge in [0.15, 0.2) is 6.61 Å². The van der Waals surface area contributed by atoms with Gasteiger partial charge >= 0.3 is 0 Å². The van der Waals surface area contributed by atoms with E-state index >= 15 is 0 Å². The molecule has 3 aromatic rings. The van der Waals surface area contributed by atoms with E-state index in [0.29, 0.717) is 26.3 Å². The van der Waals surface area contributed by atoms with Gasteiger partial charge < -0.3 is 15.9 Å². The fourth-order valence-electron chi connectivity index (χ4n) is 2.16. The quantitative estimate of drug-likeness (QED) is 0.317. The molecular weight excluding hydrogens is 405 g/mol. The monoisotopic (exact) mass is 419 g/mol. The minimum absolute atomic E-state index is 0.219. The van der Waals surface area contributed by atoms with Crippen molar-refractivity contribution in [2.45, 2.75) is 6.61 Å². The molecule has 0 aliphatic carbocycles. The Balaban J connectivity index is 1.54. The summed E-state index contributed by atoms with van der Waals surface area (Å²) in [5.41, 5.74) is 7.71. The highest BCUT2D eigenvalue weighted by atomic mass is 35.5. The highest BCUT2D eigenvalue weighted by Gasteiger charge is 2.11. The third-order valence-corrected chi connectivity index (χ3v) is 5.32. The Kier molecular flexibility index (Phi) is 6.34. The fraction of sp³-hybridized carbons (Fsp3) is 0.0526. The molecule has 0 unspecified atom stereocenters. The first-order valence-electron chi connectivity index (χ1n) is 7.88. The minimum atomic E-state index is -0.219. The second-order valence-electron chi connectivity index (χ2n) is 5.49. The van der Waals surface area contributed by atoms with Crippen molar-refractivity contribution in [1.29, 1.82) is 0 Å². The molecule has 0 saturated heterocycles. The van der Waals surface area contributed by atoms with Crippen LogP contribution < -0.4 is 11.1 Å². The number of nitrogen functional groups attached to an aromatic ring is 1. The van der Waals surface area contributed by atoms with Crippen molar-refractivity contribution in [3.05, 3.63) is 80.0 Å². The zero-order chi connectivity index (χ0) is 19.2. The highest BCUT2D eigenvalue weighted by Crippen LogP contribution is 2.23. The first-order chi connectivity index (χ1) is 13.0. The van der Waals surface area contributed by atoms with Crippen LogP contribution in [0.5, 0.6) is 0 Å². The van der Waals surface area contributed by atoms with Gasteiger partial charge in [-0.1, -0.05) is 46.6 Å². The molecule has 0 fully saturated rings. The van der Waals surface area contributed by atoms with Crippen LogP contribution in [0.2, 0.25) is 10.0 Å². The minimum Gasteiger partial charge on any atom is -0.397 e. The van der Waals surface area contributed by atoms with Crippen LogP contribution in [0.3, 0.4) is 0 Å². The van der Waals surface area contributed by atoms with Crippen molar-refractivity contribution in [2.75, 3.05) is 11.1 Å². The molecule has 1 aromatic heterocycles. The van der Waals surface area contributed by atoms with Crippen molar-refractivity contribution in [1.82, 2.24) is 0 Å². The predicted molar refractivity (Wildman–Crippen MR) is 112 cm³/mol. The number of nitrogens with zero attached hydrogens (tertiary/aromatic N) is 1. The zero-order valence-electron chi connectivity index (χ0n) is 14.0. The maximum absolute atomic E-state index is 12.3. The van der Waals surface area contributed by atoms with Gasteiger partial charge in [0.05, 0.1) is 32.5 Å². The summed E-state index contributed by atoms with van der Waals surface area (Å²) in [7, 11) is 0. The number of para-hydroxylation sites is 2. The van der Waals surface area contributed by atoms with Crippen LogP contribution in [0.15, 0.2) is 59.8 Å². The van der Waals surface area contributed by atoms with E-state index in [1.54, 1.807) is 42.6 Å². The van der Waals surface area contributed by atoms with Crippen LogP contribution in [0.1, 0.15) is 20.1 Å². The van der Waals surface area contributed by atoms with Crippen molar-refractivity contribution < 1.29 is 9.63 Å². The molecule has 0 saturated carbocycles. The van der Waals surface area contributed by atoms with Crippen LogP contribution in [0.4, 0.5) is 11.4 Å². The van der Waals surface area contributed by atoms with Crippen molar-refractivity contribution in [3.63, 3.8) is 0 Å². The number of nitrogens with one attached hydrogen (secondary N) is 1. The van der Waals surface area contributed by atoms with Crippen LogP contribution in [-0.4, -0.2) is 12.1 Å². The zero-order valence-corrected chi connectivity index (χ0v) is 16.3. The second kappa shape index (κ2) is 8.90. The Morgan fingerprint density at radius 3 is 2.74 bits per heavy atom. The lowest BCUT2D eigenvalue weighted by Crippen LogP contribution is -2.11. The average Bonchev–Trinajstić information content (AvgIpc) is 3.13. The molecule has 0 bridgehead atoms. The lowest BCUT2D eigenvalue weighted by molar-refractivity contribution is 0.103. The van der Waals surface area contributed by atoms with Crippen LogP contribution in [0, 0.1) is 0 Å². The maximum Gasteiger partial charge on any atom is 0.265 e. The summed E-state index contributed by atoms with van der Waals surface area (Å²) >= 11 is 13.1. The molecule has 2 aromatic carbocycles. The number of hydrogen-bond acceptors (Lipinski definition) is 5. The van der Waals surface area contributed by atoms with Gasteiger partial charge in [0.2, 0.25) is 0 Å². The van der Waals surface area contributed by atoms with E-state index in [9.17, 15) is 4.79 Å². The Morgan fingerprint density at radius 1 is 1.15 bits per heavy atom. The number of nitrogens with two attached hydrogens (primary N) is 1. The average molecular weight is 420 g/mol. The number of carbonyl (C=O) groups is 1. The third-order valence-electron chi connectivity index (χ3n) is 3.52. The third kappa shape index (κ3) is 5.23. The molecule has 1 heterocycles. The number of rotatable bonds is 6. The fourth-order valence-corrected chi connectivity index (χ4v) is 3.28. The molecule has 27 heavy (non-hydrogen) atoms. The molecule has 0 aliphatic heterocycles. The number of amides is 1.